The van der Waals surface area contributed by atoms with Crippen molar-refractivity contribution in [3.63, 3.8) is 0 Å². The van der Waals surface area contributed by atoms with E-state index in [9.17, 15) is 10.2 Å². The van der Waals surface area contributed by atoms with E-state index < -0.39 is 0 Å². The SMILES string of the molecule is Cc1cc(C)c(O)c(CSC2CCCCCC[C@@H]2SCc2cc(C)cc(C)c2O)c1. The fraction of sp³-hybridized carbons (Fsp3) is 0.538. The van der Waals surface area contributed by atoms with Crippen LogP contribution in [-0.2, 0) is 11.5 Å². The van der Waals surface area contributed by atoms with Gasteiger partial charge in [-0.3, -0.25) is 0 Å². The Kier molecular flexibility index (Phi) is 8.47. The number of thioether (sulfide) groups is 2. The van der Waals surface area contributed by atoms with Crippen molar-refractivity contribution in [3.8, 4) is 11.5 Å². The van der Waals surface area contributed by atoms with Crippen molar-refractivity contribution >= 4 is 23.5 Å². The van der Waals surface area contributed by atoms with Crippen LogP contribution in [0.2, 0.25) is 0 Å². The maximum atomic E-state index is 10.5. The Morgan fingerprint density at radius 1 is 0.667 bits per heavy atom. The minimum absolute atomic E-state index is 0.461. The molecule has 0 aliphatic heterocycles. The number of hydrogen-bond donors (Lipinski definition) is 2. The van der Waals surface area contributed by atoms with Gasteiger partial charge in [-0.2, -0.15) is 23.5 Å². The van der Waals surface area contributed by atoms with E-state index in [1.807, 2.05) is 49.5 Å². The highest BCUT2D eigenvalue weighted by Gasteiger charge is 2.25. The molecule has 30 heavy (non-hydrogen) atoms. The predicted molar refractivity (Wildman–Crippen MR) is 133 cm³/mol. The average Bonchev–Trinajstić information content (AvgIpc) is 2.67. The van der Waals surface area contributed by atoms with Gasteiger partial charge >= 0.3 is 0 Å². The molecule has 3 rings (SSSR count). The quantitative estimate of drug-likeness (QED) is 0.481. The number of benzene rings is 2. The summed E-state index contributed by atoms with van der Waals surface area (Å²) in [5.74, 6) is 2.65. The highest BCUT2D eigenvalue weighted by atomic mass is 32.2. The third kappa shape index (κ3) is 6.13. The second kappa shape index (κ2) is 10.9. The van der Waals surface area contributed by atoms with E-state index in [1.165, 1.54) is 49.7 Å². The molecule has 1 unspecified atom stereocenters. The third-order valence-corrected chi connectivity index (χ3v) is 9.21. The number of aromatic hydroxyl groups is 2. The minimum Gasteiger partial charge on any atom is -0.507 e. The Morgan fingerprint density at radius 2 is 1.07 bits per heavy atom. The fourth-order valence-electron chi connectivity index (χ4n) is 4.51. The Morgan fingerprint density at radius 3 is 1.47 bits per heavy atom. The third-order valence-electron chi connectivity index (χ3n) is 6.10. The van der Waals surface area contributed by atoms with E-state index in [0.29, 0.717) is 22.0 Å². The van der Waals surface area contributed by atoms with Crippen LogP contribution in [-0.4, -0.2) is 20.7 Å². The van der Waals surface area contributed by atoms with Gasteiger partial charge in [0.1, 0.15) is 11.5 Å². The van der Waals surface area contributed by atoms with Crippen molar-refractivity contribution in [2.45, 2.75) is 88.2 Å². The van der Waals surface area contributed by atoms with Crippen LogP contribution in [0.4, 0.5) is 0 Å². The molecule has 0 heterocycles. The van der Waals surface area contributed by atoms with Gasteiger partial charge in [0.15, 0.2) is 0 Å². The van der Waals surface area contributed by atoms with Gasteiger partial charge in [-0.25, -0.2) is 0 Å². The van der Waals surface area contributed by atoms with Crippen LogP contribution in [0, 0.1) is 27.7 Å². The summed E-state index contributed by atoms with van der Waals surface area (Å²) in [5.41, 5.74) is 6.51. The van der Waals surface area contributed by atoms with E-state index in [2.05, 4.69) is 26.0 Å². The smallest absolute Gasteiger partial charge is 0.122 e. The largest absolute Gasteiger partial charge is 0.507 e. The van der Waals surface area contributed by atoms with E-state index in [-0.39, 0.29) is 0 Å². The molecule has 2 atom stereocenters. The van der Waals surface area contributed by atoms with Crippen molar-refractivity contribution in [1.82, 2.24) is 0 Å². The molecule has 0 amide bonds. The van der Waals surface area contributed by atoms with Gasteiger partial charge in [0.05, 0.1) is 0 Å². The maximum Gasteiger partial charge on any atom is 0.122 e. The highest BCUT2D eigenvalue weighted by Crippen LogP contribution is 2.40. The zero-order chi connectivity index (χ0) is 21.7. The van der Waals surface area contributed by atoms with Crippen molar-refractivity contribution in [2.75, 3.05) is 0 Å². The second-order valence-corrected chi connectivity index (χ2v) is 11.3. The zero-order valence-corrected chi connectivity index (χ0v) is 20.5. The summed E-state index contributed by atoms with van der Waals surface area (Å²) in [5, 5.41) is 22.2. The second-order valence-electron chi connectivity index (χ2n) is 8.87. The number of phenols is 2. The van der Waals surface area contributed by atoms with Crippen molar-refractivity contribution in [3.05, 3.63) is 57.6 Å². The molecule has 1 aliphatic carbocycles. The minimum atomic E-state index is 0.461. The predicted octanol–water partition coefficient (Wildman–Crippen LogP) is 7.59. The first-order valence-corrected chi connectivity index (χ1v) is 13.3. The summed E-state index contributed by atoms with van der Waals surface area (Å²) in [6.45, 7) is 8.18. The van der Waals surface area contributed by atoms with Crippen molar-refractivity contribution in [2.24, 2.45) is 0 Å². The molecule has 2 N–H and O–H groups in total. The van der Waals surface area contributed by atoms with Crippen LogP contribution in [0.1, 0.15) is 71.9 Å². The molecule has 164 valence electrons. The summed E-state index contributed by atoms with van der Waals surface area (Å²) >= 11 is 4.03. The Hall–Kier alpha value is -1.26. The standard InChI is InChI=1S/C26H36O2S2/c1-17-11-19(3)25(27)21(13-17)15-29-23-9-7-5-6-8-10-24(23)30-16-22-14-18(2)12-20(4)26(22)28/h11-14,23-24,27-28H,5-10,15-16H2,1-4H3/t23-,24?/m0/s1. The molecule has 2 aromatic carbocycles. The van der Waals surface area contributed by atoms with Gasteiger partial charge in [-0.15, -0.1) is 0 Å². The van der Waals surface area contributed by atoms with Crippen LogP contribution in [0.25, 0.3) is 0 Å². The number of hydrogen-bond acceptors (Lipinski definition) is 4. The molecule has 1 saturated carbocycles. The molecule has 0 aromatic heterocycles. The summed E-state index contributed by atoms with van der Waals surface area (Å²) in [7, 11) is 0. The first-order valence-electron chi connectivity index (χ1n) is 11.2. The molecule has 2 aromatic rings. The number of aryl methyl sites for hydroxylation is 4. The van der Waals surface area contributed by atoms with Gasteiger partial charge in [-0.1, -0.05) is 61.1 Å². The lowest BCUT2D eigenvalue weighted by molar-refractivity contribution is 0.465. The molecule has 0 spiro atoms. The Balaban J connectivity index is 1.70. The lowest BCUT2D eigenvalue weighted by Crippen LogP contribution is -2.22. The first-order chi connectivity index (χ1) is 14.3. The normalized spacial score (nSPS) is 20.0. The molecular formula is C26H36O2S2. The van der Waals surface area contributed by atoms with E-state index in [0.717, 1.165) is 33.8 Å². The number of rotatable bonds is 6. The molecule has 1 fully saturated rings. The monoisotopic (exact) mass is 444 g/mol. The molecule has 0 saturated heterocycles. The maximum absolute atomic E-state index is 10.5. The summed E-state index contributed by atoms with van der Waals surface area (Å²) in [4.78, 5) is 0. The summed E-state index contributed by atoms with van der Waals surface area (Å²) in [6.07, 6.45) is 7.74. The Labute approximate surface area is 190 Å². The lowest BCUT2D eigenvalue weighted by atomic mass is 10.00. The van der Waals surface area contributed by atoms with Gasteiger partial charge in [0, 0.05) is 33.1 Å². The molecular weight excluding hydrogens is 408 g/mol. The first kappa shape index (κ1) is 23.4. The van der Waals surface area contributed by atoms with E-state index >= 15 is 0 Å². The molecule has 0 bridgehead atoms. The molecule has 2 nitrogen and oxygen atoms in total. The van der Waals surface area contributed by atoms with Gasteiger partial charge in [0.25, 0.3) is 0 Å². The highest BCUT2D eigenvalue weighted by molar-refractivity contribution is 8.03. The Bertz CT molecular complexity index is 791. The molecule has 0 radical (unpaired) electrons. The van der Waals surface area contributed by atoms with E-state index in [1.54, 1.807) is 0 Å². The van der Waals surface area contributed by atoms with Crippen LogP contribution >= 0.6 is 23.5 Å². The number of phenolic OH excluding ortho intramolecular Hbond substituents is 2. The average molecular weight is 445 g/mol. The summed E-state index contributed by atoms with van der Waals surface area (Å²) in [6, 6.07) is 8.37. The van der Waals surface area contributed by atoms with Crippen LogP contribution in [0.3, 0.4) is 0 Å². The van der Waals surface area contributed by atoms with Crippen LogP contribution in [0.5, 0.6) is 11.5 Å². The fourth-order valence-corrected chi connectivity index (χ4v) is 7.57. The topological polar surface area (TPSA) is 40.5 Å². The van der Waals surface area contributed by atoms with Crippen LogP contribution < -0.4 is 0 Å². The molecule has 4 heteroatoms. The summed E-state index contributed by atoms with van der Waals surface area (Å²) < 4.78 is 0. The van der Waals surface area contributed by atoms with Gasteiger partial charge in [0.2, 0.25) is 0 Å². The van der Waals surface area contributed by atoms with Crippen molar-refractivity contribution < 1.29 is 10.2 Å². The van der Waals surface area contributed by atoms with Gasteiger partial charge in [-0.05, 0) is 51.7 Å². The van der Waals surface area contributed by atoms with Crippen LogP contribution in [0.15, 0.2) is 24.3 Å². The molecule has 1 aliphatic rings. The van der Waals surface area contributed by atoms with E-state index in [4.69, 9.17) is 0 Å². The zero-order valence-electron chi connectivity index (χ0n) is 18.8. The lowest BCUT2D eigenvalue weighted by Gasteiger charge is -2.29. The van der Waals surface area contributed by atoms with Gasteiger partial charge < -0.3 is 10.2 Å². The van der Waals surface area contributed by atoms with Crippen molar-refractivity contribution in [1.29, 1.82) is 0 Å².